The summed E-state index contributed by atoms with van der Waals surface area (Å²) in [5, 5.41) is 11.1. The molecule has 0 fully saturated rings. The SMILES string of the molecule is C[C@H](Cc1cn(C(=O)O)c2ccccc12)N(CCBr)CC(=O)OC(C)(C)C. The average Bonchev–Trinajstić information content (AvgIpc) is 2.92. The van der Waals surface area contributed by atoms with E-state index in [1.54, 1.807) is 12.3 Å². The first kappa shape index (κ1) is 21.4. The molecule has 0 saturated heterocycles. The molecule has 0 spiro atoms. The van der Waals surface area contributed by atoms with E-state index in [1.165, 1.54) is 4.57 Å². The number of hydrogen-bond acceptors (Lipinski definition) is 4. The summed E-state index contributed by atoms with van der Waals surface area (Å²) in [4.78, 5) is 25.8. The van der Waals surface area contributed by atoms with E-state index in [-0.39, 0.29) is 18.6 Å². The number of ether oxygens (including phenoxy) is 1. The number of carboxylic acid groups (broad SMARTS) is 1. The van der Waals surface area contributed by atoms with Crippen molar-refractivity contribution >= 4 is 38.9 Å². The van der Waals surface area contributed by atoms with E-state index in [1.807, 2.05) is 45.9 Å². The van der Waals surface area contributed by atoms with Crippen LogP contribution >= 0.6 is 15.9 Å². The Balaban J connectivity index is 2.20. The Morgan fingerprint density at radius 3 is 2.56 bits per heavy atom. The van der Waals surface area contributed by atoms with Crippen molar-refractivity contribution in [1.82, 2.24) is 9.47 Å². The topological polar surface area (TPSA) is 71.8 Å². The third-order valence-corrected chi connectivity index (χ3v) is 4.62. The maximum Gasteiger partial charge on any atom is 0.416 e. The van der Waals surface area contributed by atoms with Gasteiger partial charge in [-0.05, 0) is 45.7 Å². The number of rotatable bonds is 7. The van der Waals surface area contributed by atoms with Gasteiger partial charge in [0.25, 0.3) is 0 Å². The second-order valence-electron chi connectivity index (χ2n) is 7.62. The number of benzene rings is 1. The zero-order chi connectivity index (χ0) is 20.2. The van der Waals surface area contributed by atoms with E-state index in [4.69, 9.17) is 4.74 Å². The van der Waals surface area contributed by atoms with Crippen molar-refractivity contribution in [3.05, 3.63) is 36.0 Å². The predicted octanol–water partition coefficient (Wildman–Crippen LogP) is 4.14. The standard InChI is InChI=1S/C20H27BrN2O4/c1-14(22(10-9-21)13-18(24)27-20(2,3)4)11-15-12-23(19(25)26)17-8-6-5-7-16(15)17/h5-8,12,14H,9-11,13H2,1-4H3,(H,25,26)/t14-/m1/s1. The van der Waals surface area contributed by atoms with Gasteiger partial charge >= 0.3 is 12.1 Å². The minimum Gasteiger partial charge on any atom is -0.464 e. The van der Waals surface area contributed by atoms with Crippen LogP contribution in [0, 0.1) is 0 Å². The molecular formula is C20H27BrN2O4. The molecule has 27 heavy (non-hydrogen) atoms. The molecule has 1 aromatic heterocycles. The van der Waals surface area contributed by atoms with E-state index in [0.29, 0.717) is 18.5 Å². The summed E-state index contributed by atoms with van der Waals surface area (Å²) in [6.45, 7) is 8.48. The Kier molecular flexibility index (Phi) is 7.06. The van der Waals surface area contributed by atoms with Gasteiger partial charge < -0.3 is 9.84 Å². The van der Waals surface area contributed by atoms with E-state index in [0.717, 1.165) is 16.3 Å². The van der Waals surface area contributed by atoms with Crippen LogP contribution in [0.4, 0.5) is 4.79 Å². The van der Waals surface area contributed by atoms with Crippen LogP contribution in [-0.2, 0) is 16.0 Å². The summed E-state index contributed by atoms with van der Waals surface area (Å²) in [6.07, 6.45) is 1.30. The van der Waals surface area contributed by atoms with Gasteiger partial charge in [0, 0.05) is 29.5 Å². The first-order valence-corrected chi connectivity index (χ1v) is 10.1. The Hall–Kier alpha value is -1.86. The van der Waals surface area contributed by atoms with Gasteiger partial charge in [0.15, 0.2) is 0 Å². The molecule has 1 heterocycles. The van der Waals surface area contributed by atoms with Crippen LogP contribution in [0.3, 0.4) is 0 Å². The summed E-state index contributed by atoms with van der Waals surface area (Å²) in [5.41, 5.74) is 1.10. The fourth-order valence-corrected chi connectivity index (χ4v) is 3.58. The maximum atomic E-state index is 12.2. The van der Waals surface area contributed by atoms with E-state index in [2.05, 4.69) is 20.8 Å². The van der Waals surface area contributed by atoms with Crippen LogP contribution in [0.2, 0.25) is 0 Å². The quantitative estimate of drug-likeness (QED) is 0.519. The van der Waals surface area contributed by atoms with Gasteiger partial charge in [-0.2, -0.15) is 0 Å². The van der Waals surface area contributed by atoms with Crippen molar-refractivity contribution in [1.29, 1.82) is 0 Å². The molecule has 6 nitrogen and oxygen atoms in total. The fourth-order valence-electron chi connectivity index (χ4n) is 3.12. The maximum absolute atomic E-state index is 12.2. The highest BCUT2D eigenvalue weighted by Gasteiger charge is 2.23. The van der Waals surface area contributed by atoms with Gasteiger partial charge in [-0.25, -0.2) is 4.79 Å². The molecule has 7 heteroatoms. The smallest absolute Gasteiger partial charge is 0.416 e. The van der Waals surface area contributed by atoms with Crippen LogP contribution in [0.1, 0.15) is 33.3 Å². The highest BCUT2D eigenvalue weighted by molar-refractivity contribution is 9.09. The molecule has 0 radical (unpaired) electrons. The highest BCUT2D eigenvalue weighted by atomic mass is 79.9. The summed E-state index contributed by atoms with van der Waals surface area (Å²) in [5.74, 6) is -0.261. The molecule has 0 amide bonds. The number of fused-ring (bicyclic) bond motifs is 1. The lowest BCUT2D eigenvalue weighted by Crippen LogP contribution is -2.42. The molecule has 0 aliphatic heterocycles. The number of nitrogens with zero attached hydrogens (tertiary/aromatic N) is 2. The Bertz CT molecular complexity index is 810. The van der Waals surface area contributed by atoms with Crippen molar-refractivity contribution in [2.24, 2.45) is 0 Å². The van der Waals surface area contributed by atoms with Gasteiger partial charge in [0.2, 0.25) is 0 Å². The number of halogens is 1. The van der Waals surface area contributed by atoms with Gasteiger partial charge in [-0.15, -0.1) is 0 Å². The summed E-state index contributed by atoms with van der Waals surface area (Å²) >= 11 is 3.44. The molecule has 0 unspecified atom stereocenters. The van der Waals surface area contributed by atoms with E-state index in [9.17, 15) is 14.7 Å². The lowest BCUT2D eigenvalue weighted by Gasteiger charge is -2.29. The second-order valence-corrected chi connectivity index (χ2v) is 8.42. The molecule has 1 atom stereocenters. The molecular weight excluding hydrogens is 412 g/mol. The predicted molar refractivity (Wildman–Crippen MR) is 110 cm³/mol. The van der Waals surface area contributed by atoms with Crippen LogP contribution in [0.25, 0.3) is 10.9 Å². The highest BCUT2D eigenvalue weighted by Crippen LogP contribution is 2.23. The number of esters is 1. The molecule has 0 aliphatic carbocycles. The minimum atomic E-state index is -1.00. The van der Waals surface area contributed by atoms with E-state index >= 15 is 0 Å². The summed E-state index contributed by atoms with van der Waals surface area (Å²) in [6, 6.07) is 7.51. The first-order chi connectivity index (χ1) is 12.6. The number of carbonyl (C=O) groups is 2. The lowest BCUT2D eigenvalue weighted by molar-refractivity contribution is -0.156. The number of alkyl halides is 1. The molecule has 0 aliphatic rings. The lowest BCUT2D eigenvalue weighted by atomic mass is 10.0. The van der Waals surface area contributed by atoms with Crippen molar-refractivity contribution in [2.45, 2.75) is 45.8 Å². The Morgan fingerprint density at radius 1 is 1.30 bits per heavy atom. The fraction of sp³-hybridized carbons (Fsp3) is 0.500. The first-order valence-electron chi connectivity index (χ1n) is 8.96. The van der Waals surface area contributed by atoms with Crippen molar-refractivity contribution in [2.75, 3.05) is 18.4 Å². The van der Waals surface area contributed by atoms with E-state index < -0.39 is 11.7 Å². The molecule has 2 rings (SSSR count). The third-order valence-electron chi connectivity index (χ3n) is 4.26. The molecule has 1 N–H and O–H groups in total. The number of carbonyl (C=O) groups excluding carboxylic acids is 1. The molecule has 148 valence electrons. The van der Waals surface area contributed by atoms with Crippen molar-refractivity contribution in [3.63, 3.8) is 0 Å². The van der Waals surface area contributed by atoms with Crippen LogP contribution in [-0.4, -0.2) is 56.7 Å². The summed E-state index contributed by atoms with van der Waals surface area (Å²) < 4.78 is 6.69. The van der Waals surface area contributed by atoms with Crippen molar-refractivity contribution in [3.8, 4) is 0 Å². The van der Waals surface area contributed by atoms with Gasteiger partial charge in [-0.1, -0.05) is 34.1 Å². The molecule has 1 aromatic carbocycles. The van der Waals surface area contributed by atoms with Crippen molar-refractivity contribution < 1.29 is 19.4 Å². The molecule has 0 saturated carbocycles. The third kappa shape index (κ3) is 5.81. The number of hydrogen-bond donors (Lipinski definition) is 1. The summed E-state index contributed by atoms with van der Waals surface area (Å²) in [7, 11) is 0. The van der Waals surface area contributed by atoms with Gasteiger partial charge in [-0.3, -0.25) is 14.3 Å². The zero-order valence-electron chi connectivity index (χ0n) is 16.2. The Labute approximate surface area is 168 Å². The van der Waals surface area contributed by atoms with Gasteiger partial charge in [0.05, 0.1) is 12.1 Å². The van der Waals surface area contributed by atoms with Crippen LogP contribution < -0.4 is 0 Å². The molecule has 2 aromatic rings. The number of aromatic nitrogens is 1. The minimum absolute atomic E-state index is 0.0446. The second kappa shape index (κ2) is 8.89. The van der Waals surface area contributed by atoms with Crippen LogP contribution in [0.15, 0.2) is 30.5 Å². The molecule has 0 bridgehead atoms. The monoisotopic (exact) mass is 438 g/mol. The Morgan fingerprint density at radius 2 is 1.96 bits per heavy atom. The van der Waals surface area contributed by atoms with Crippen LogP contribution in [0.5, 0.6) is 0 Å². The zero-order valence-corrected chi connectivity index (χ0v) is 17.8. The largest absolute Gasteiger partial charge is 0.464 e. The number of para-hydroxylation sites is 1. The van der Waals surface area contributed by atoms with Gasteiger partial charge in [0.1, 0.15) is 5.60 Å². The average molecular weight is 439 g/mol. The normalized spacial score (nSPS) is 13.1.